The van der Waals surface area contributed by atoms with E-state index in [4.69, 9.17) is 0 Å². The highest BCUT2D eigenvalue weighted by atomic mass is 16.2. The summed E-state index contributed by atoms with van der Waals surface area (Å²) in [6, 6.07) is 8.23. The van der Waals surface area contributed by atoms with E-state index in [1.165, 1.54) is 12.0 Å². The summed E-state index contributed by atoms with van der Waals surface area (Å²) in [7, 11) is 4.29. The molecule has 1 aliphatic carbocycles. The van der Waals surface area contributed by atoms with Crippen LogP contribution in [0.5, 0.6) is 0 Å². The van der Waals surface area contributed by atoms with Gasteiger partial charge in [-0.05, 0) is 55.0 Å². The molecule has 2 fully saturated rings. The standard InChI is InChI=1S/C22H34N2O/c1-20(2,3)17-10-8-16(9-11-17)19(25)24-12-18-21(4,5)13-22(18,15-24)14-23(6)7/h8-11,18H,12-15H2,1-7H3/t18-,22+/m1/s1. The number of carbonyl (C=O) groups excluding carboxylic acids is 1. The molecule has 1 aromatic carbocycles. The molecule has 2 aliphatic rings. The first-order valence-corrected chi connectivity index (χ1v) is 9.49. The highest BCUT2D eigenvalue weighted by Crippen LogP contribution is 2.62. The number of likely N-dealkylation sites (tertiary alicyclic amines) is 1. The Bertz CT molecular complexity index is 650. The van der Waals surface area contributed by atoms with Gasteiger partial charge in [0.15, 0.2) is 0 Å². The summed E-state index contributed by atoms with van der Waals surface area (Å²) in [5.41, 5.74) is 2.85. The van der Waals surface area contributed by atoms with Gasteiger partial charge in [-0.25, -0.2) is 0 Å². The van der Waals surface area contributed by atoms with E-state index in [-0.39, 0.29) is 16.7 Å². The van der Waals surface area contributed by atoms with E-state index in [1.807, 2.05) is 12.1 Å². The highest BCUT2D eigenvalue weighted by molar-refractivity contribution is 5.94. The van der Waals surface area contributed by atoms with E-state index in [0.29, 0.717) is 11.3 Å². The van der Waals surface area contributed by atoms with Crippen molar-refractivity contribution in [1.29, 1.82) is 0 Å². The molecule has 0 aromatic heterocycles. The van der Waals surface area contributed by atoms with Crippen LogP contribution in [0.2, 0.25) is 0 Å². The molecule has 3 heteroatoms. The average Bonchev–Trinajstić information content (AvgIpc) is 2.79. The van der Waals surface area contributed by atoms with Crippen LogP contribution in [0.4, 0.5) is 0 Å². The van der Waals surface area contributed by atoms with Crippen LogP contribution in [0.15, 0.2) is 24.3 Å². The highest BCUT2D eigenvalue weighted by Gasteiger charge is 2.63. The van der Waals surface area contributed by atoms with Crippen molar-refractivity contribution in [1.82, 2.24) is 9.80 Å². The minimum absolute atomic E-state index is 0.119. The lowest BCUT2D eigenvalue weighted by molar-refractivity contribution is -0.0789. The van der Waals surface area contributed by atoms with Crippen molar-refractivity contribution >= 4 is 5.91 Å². The predicted molar refractivity (Wildman–Crippen MR) is 104 cm³/mol. The zero-order valence-electron chi connectivity index (χ0n) is 17.0. The number of hydrogen-bond donors (Lipinski definition) is 0. The molecule has 0 spiro atoms. The van der Waals surface area contributed by atoms with Crippen LogP contribution in [0.1, 0.15) is 57.0 Å². The van der Waals surface area contributed by atoms with Gasteiger partial charge in [0.1, 0.15) is 0 Å². The van der Waals surface area contributed by atoms with Gasteiger partial charge in [-0.15, -0.1) is 0 Å². The van der Waals surface area contributed by atoms with Gasteiger partial charge in [0.25, 0.3) is 5.91 Å². The molecule has 1 saturated heterocycles. The normalized spacial score (nSPS) is 28.0. The number of benzene rings is 1. The molecule has 3 rings (SSSR count). The second-order valence-corrected chi connectivity index (χ2v) is 10.3. The topological polar surface area (TPSA) is 23.6 Å². The minimum atomic E-state index is 0.119. The summed E-state index contributed by atoms with van der Waals surface area (Å²) >= 11 is 0. The van der Waals surface area contributed by atoms with Gasteiger partial charge in [-0.2, -0.15) is 0 Å². The maximum absolute atomic E-state index is 13.1. The van der Waals surface area contributed by atoms with E-state index in [2.05, 4.69) is 70.6 Å². The van der Waals surface area contributed by atoms with E-state index in [9.17, 15) is 4.79 Å². The zero-order valence-corrected chi connectivity index (χ0v) is 17.0. The van der Waals surface area contributed by atoms with E-state index in [1.54, 1.807) is 0 Å². The quantitative estimate of drug-likeness (QED) is 0.828. The molecule has 0 radical (unpaired) electrons. The monoisotopic (exact) mass is 342 g/mol. The molecule has 25 heavy (non-hydrogen) atoms. The Hall–Kier alpha value is -1.35. The van der Waals surface area contributed by atoms with Crippen LogP contribution in [0, 0.1) is 16.7 Å². The number of rotatable bonds is 3. The number of nitrogens with zero attached hydrogens (tertiary/aromatic N) is 2. The van der Waals surface area contributed by atoms with Gasteiger partial charge in [0, 0.05) is 30.6 Å². The van der Waals surface area contributed by atoms with Crippen molar-refractivity contribution in [3.63, 3.8) is 0 Å². The van der Waals surface area contributed by atoms with Crippen LogP contribution >= 0.6 is 0 Å². The third-order valence-electron chi connectivity index (χ3n) is 6.32. The largest absolute Gasteiger partial charge is 0.338 e. The lowest BCUT2D eigenvalue weighted by atomic mass is 9.48. The summed E-state index contributed by atoms with van der Waals surface area (Å²) in [6.45, 7) is 14.2. The summed E-state index contributed by atoms with van der Waals surface area (Å²) in [5.74, 6) is 0.809. The van der Waals surface area contributed by atoms with Crippen LogP contribution in [-0.4, -0.2) is 49.4 Å². The Kier molecular flexibility index (Phi) is 4.31. The molecule has 0 bridgehead atoms. The molecule has 1 heterocycles. The Balaban J connectivity index is 1.78. The minimum Gasteiger partial charge on any atom is -0.338 e. The van der Waals surface area contributed by atoms with Crippen molar-refractivity contribution in [2.24, 2.45) is 16.7 Å². The van der Waals surface area contributed by atoms with Crippen LogP contribution in [-0.2, 0) is 5.41 Å². The summed E-state index contributed by atoms with van der Waals surface area (Å²) in [6.07, 6.45) is 1.22. The van der Waals surface area contributed by atoms with Crippen molar-refractivity contribution in [3.8, 4) is 0 Å². The fourth-order valence-corrected chi connectivity index (χ4v) is 5.42. The zero-order chi connectivity index (χ0) is 18.6. The van der Waals surface area contributed by atoms with E-state index < -0.39 is 0 Å². The van der Waals surface area contributed by atoms with E-state index in [0.717, 1.165) is 25.2 Å². The molecule has 1 aromatic rings. The van der Waals surface area contributed by atoms with Gasteiger partial charge >= 0.3 is 0 Å². The molecule has 1 aliphatic heterocycles. The maximum Gasteiger partial charge on any atom is 0.253 e. The van der Waals surface area contributed by atoms with Gasteiger partial charge in [0.2, 0.25) is 0 Å². The Labute approximate surface area is 153 Å². The number of hydrogen-bond acceptors (Lipinski definition) is 2. The van der Waals surface area contributed by atoms with Crippen LogP contribution < -0.4 is 0 Å². The van der Waals surface area contributed by atoms with Gasteiger partial charge in [0.05, 0.1) is 0 Å². The summed E-state index contributed by atoms with van der Waals surface area (Å²) in [5, 5.41) is 0. The SMILES string of the molecule is CN(C)C[C@@]12CN(C(=O)c3ccc(C(C)(C)C)cc3)C[C@@H]1C(C)(C)C2. The molecule has 3 nitrogen and oxygen atoms in total. The maximum atomic E-state index is 13.1. The molecule has 2 atom stereocenters. The van der Waals surface area contributed by atoms with Crippen molar-refractivity contribution < 1.29 is 4.79 Å². The fourth-order valence-electron chi connectivity index (χ4n) is 5.42. The van der Waals surface area contributed by atoms with E-state index >= 15 is 0 Å². The number of carbonyl (C=O) groups is 1. The molecule has 138 valence electrons. The van der Waals surface area contributed by atoms with Crippen molar-refractivity contribution in [3.05, 3.63) is 35.4 Å². The number of fused-ring (bicyclic) bond motifs is 1. The second kappa shape index (κ2) is 5.84. The van der Waals surface area contributed by atoms with Crippen LogP contribution in [0.3, 0.4) is 0 Å². The molecule has 1 saturated carbocycles. The molecular weight excluding hydrogens is 308 g/mol. The third-order valence-corrected chi connectivity index (χ3v) is 6.32. The molecular formula is C22H34N2O. The lowest BCUT2D eigenvalue weighted by Gasteiger charge is -2.57. The molecule has 1 amide bonds. The number of amides is 1. The Morgan fingerprint density at radius 2 is 1.80 bits per heavy atom. The first-order valence-electron chi connectivity index (χ1n) is 9.49. The predicted octanol–water partition coefficient (Wildman–Crippen LogP) is 4.03. The molecule has 0 unspecified atom stereocenters. The van der Waals surface area contributed by atoms with Crippen LogP contribution in [0.25, 0.3) is 0 Å². The molecule has 0 N–H and O–H groups in total. The van der Waals surface area contributed by atoms with Crippen molar-refractivity contribution in [2.45, 2.75) is 46.5 Å². The fraction of sp³-hybridized carbons (Fsp3) is 0.682. The summed E-state index contributed by atoms with van der Waals surface area (Å²) < 4.78 is 0. The summed E-state index contributed by atoms with van der Waals surface area (Å²) in [4.78, 5) is 17.5. The first-order chi connectivity index (χ1) is 11.4. The van der Waals surface area contributed by atoms with Gasteiger partial charge in [-0.3, -0.25) is 4.79 Å². The van der Waals surface area contributed by atoms with Gasteiger partial charge in [-0.1, -0.05) is 46.8 Å². The Morgan fingerprint density at radius 1 is 1.20 bits per heavy atom. The van der Waals surface area contributed by atoms with Gasteiger partial charge < -0.3 is 9.80 Å². The second-order valence-electron chi connectivity index (χ2n) is 10.3. The first kappa shape index (κ1) is 18.4. The Morgan fingerprint density at radius 3 is 2.28 bits per heavy atom. The van der Waals surface area contributed by atoms with Crippen molar-refractivity contribution in [2.75, 3.05) is 33.7 Å². The lowest BCUT2D eigenvalue weighted by Crippen LogP contribution is -2.57. The smallest absolute Gasteiger partial charge is 0.253 e. The average molecular weight is 343 g/mol. The third kappa shape index (κ3) is 3.23.